The summed E-state index contributed by atoms with van der Waals surface area (Å²) < 4.78 is 0. The van der Waals surface area contributed by atoms with Gasteiger partial charge in [0.1, 0.15) is 11.7 Å². The lowest BCUT2D eigenvalue weighted by Crippen LogP contribution is -2.57. The number of aromatic nitrogens is 1. The Hall–Kier alpha value is -3.57. The highest BCUT2D eigenvalue weighted by atomic mass is 32.1. The molecular formula is C36H53N5O5S. The molecule has 5 atom stereocenters. The molecule has 0 aliphatic carbocycles. The zero-order valence-electron chi connectivity index (χ0n) is 29.0. The Morgan fingerprint density at radius 3 is 2.45 bits per heavy atom. The van der Waals surface area contributed by atoms with Gasteiger partial charge in [0.25, 0.3) is 5.91 Å². The summed E-state index contributed by atoms with van der Waals surface area (Å²) >= 11 is 1.39. The molecule has 3 N–H and O–H groups in total. The molecule has 47 heavy (non-hydrogen) atoms. The van der Waals surface area contributed by atoms with Crippen molar-refractivity contribution in [2.45, 2.75) is 104 Å². The molecule has 2 aromatic rings. The number of carbonyl (C=O) groups excluding carboxylic acids is 3. The number of carboxylic acid groups (broad SMARTS) is 1. The van der Waals surface area contributed by atoms with Crippen LogP contribution < -0.4 is 10.6 Å². The maximum Gasteiger partial charge on any atom is 0.331 e. The van der Waals surface area contributed by atoms with Crippen molar-refractivity contribution in [3.63, 3.8) is 0 Å². The van der Waals surface area contributed by atoms with Crippen LogP contribution in [-0.4, -0.2) is 88.4 Å². The van der Waals surface area contributed by atoms with Crippen molar-refractivity contribution in [1.29, 1.82) is 0 Å². The maximum atomic E-state index is 13.9. The number of rotatable bonds is 16. The zero-order chi connectivity index (χ0) is 34.7. The molecule has 2 heterocycles. The van der Waals surface area contributed by atoms with Gasteiger partial charge in [0.2, 0.25) is 11.8 Å². The first-order valence-corrected chi connectivity index (χ1v) is 17.7. The molecule has 1 fully saturated rings. The summed E-state index contributed by atoms with van der Waals surface area (Å²) in [5.41, 5.74) is 1.41. The molecule has 258 valence electrons. The number of piperidine rings is 1. The molecule has 1 aromatic carbocycles. The van der Waals surface area contributed by atoms with E-state index in [-0.39, 0.29) is 52.9 Å². The van der Waals surface area contributed by atoms with E-state index in [1.165, 1.54) is 18.3 Å². The van der Waals surface area contributed by atoms with Gasteiger partial charge >= 0.3 is 5.97 Å². The molecule has 0 spiro atoms. The van der Waals surface area contributed by atoms with Crippen LogP contribution in [0, 0.1) is 11.8 Å². The summed E-state index contributed by atoms with van der Waals surface area (Å²) in [4.78, 5) is 60.4. The topological polar surface area (TPSA) is 132 Å². The number of benzene rings is 1. The van der Waals surface area contributed by atoms with E-state index in [0.29, 0.717) is 19.3 Å². The Kier molecular flexibility index (Phi) is 14.6. The quantitative estimate of drug-likeness (QED) is 0.216. The summed E-state index contributed by atoms with van der Waals surface area (Å²) in [6.45, 7) is 10.6. The first kappa shape index (κ1) is 37.9. The van der Waals surface area contributed by atoms with Crippen LogP contribution in [0.1, 0.15) is 87.8 Å². The first-order valence-electron chi connectivity index (χ1n) is 16.8. The van der Waals surface area contributed by atoms with Gasteiger partial charge in [-0.05, 0) is 63.6 Å². The van der Waals surface area contributed by atoms with Crippen molar-refractivity contribution in [2.24, 2.45) is 11.8 Å². The summed E-state index contributed by atoms with van der Waals surface area (Å²) in [5.74, 6) is -1.42. The lowest BCUT2D eigenvalue weighted by molar-refractivity contribution is -0.140. The Morgan fingerprint density at radius 2 is 1.83 bits per heavy atom. The molecule has 10 nitrogen and oxygen atoms in total. The number of carbonyl (C=O) groups is 4. The number of aryl methyl sites for hydroxylation is 1. The smallest absolute Gasteiger partial charge is 0.331 e. The van der Waals surface area contributed by atoms with Gasteiger partial charge in [0, 0.05) is 30.5 Å². The average molecular weight is 668 g/mol. The van der Waals surface area contributed by atoms with E-state index in [2.05, 4.69) is 34.4 Å². The van der Waals surface area contributed by atoms with Crippen molar-refractivity contribution < 1.29 is 24.3 Å². The van der Waals surface area contributed by atoms with E-state index in [1.807, 2.05) is 58.3 Å². The number of hydrogen-bond acceptors (Lipinski definition) is 7. The Balaban J connectivity index is 1.67. The van der Waals surface area contributed by atoms with Gasteiger partial charge in [0.05, 0.1) is 17.1 Å². The molecule has 1 saturated heterocycles. The minimum atomic E-state index is -1.04. The lowest BCUT2D eigenvalue weighted by atomic mass is 9.93. The largest absolute Gasteiger partial charge is 0.478 e. The van der Waals surface area contributed by atoms with Crippen LogP contribution in [-0.2, 0) is 27.2 Å². The first-order chi connectivity index (χ1) is 22.3. The van der Waals surface area contributed by atoms with Crippen molar-refractivity contribution in [3.05, 3.63) is 63.6 Å². The number of aliphatic carboxylic acids is 1. The minimum Gasteiger partial charge on any atom is -0.478 e. The number of likely N-dealkylation sites (tertiary alicyclic amines) is 1. The van der Waals surface area contributed by atoms with Gasteiger partial charge in [-0.15, -0.1) is 11.3 Å². The lowest BCUT2D eigenvalue weighted by Gasteiger charge is -2.37. The summed E-state index contributed by atoms with van der Waals surface area (Å²) in [5, 5.41) is 18.0. The van der Waals surface area contributed by atoms with Crippen molar-refractivity contribution in [3.8, 4) is 0 Å². The number of nitrogens with zero attached hydrogens (tertiary/aromatic N) is 3. The summed E-state index contributed by atoms with van der Waals surface area (Å²) in [6.07, 6.45) is 6.89. The van der Waals surface area contributed by atoms with E-state index in [0.717, 1.165) is 42.8 Å². The SMILES string of the molecule is CC[C@H](C)[C@H](NC(=O)C1CCCCN1C)C(=O)N(C)[C@H](CCc1nc(C(=O)N[C@H](/C=C(\C)C(=O)O)Cc2ccccc2)cs1)C(C)C. The minimum absolute atomic E-state index is 0.0181. The number of likely N-dealkylation sites (N-methyl/N-ethyl adjacent to an activating group) is 2. The van der Waals surface area contributed by atoms with Crippen molar-refractivity contribution >= 4 is 35.0 Å². The zero-order valence-corrected chi connectivity index (χ0v) is 29.8. The molecule has 3 rings (SSSR count). The molecule has 1 aliphatic rings. The number of amides is 3. The van der Waals surface area contributed by atoms with E-state index in [4.69, 9.17) is 0 Å². The molecule has 3 amide bonds. The highest BCUT2D eigenvalue weighted by Gasteiger charge is 2.35. The highest BCUT2D eigenvalue weighted by molar-refractivity contribution is 7.09. The summed E-state index contributed by atoms with van der Waals surface area (Å²) in [6, 6.07) is 8.15. The standard InChI is InChI=1S/C36H53N5O5S/c1-8-24(4)32(39-34(43)30-16-12-13-19-40(30)6)35(44)41(7)29(23(2)3)17-18-31-38-28(22-47-31)33(42)37-27(20-25(5)36(45)46)21-26-14-10-9-11-15-26/h9-11,14-15,20,22-24,27,29-30,32H,8,12-13,16-19,21H2,1-7H3,(H,37,42)(H,39,43)(H,45,46)/b25-20+/t24-,27+,29+,30?,32-/m0/s1. The van der Waals surface area contributed by atoms with Crippen LogP contribution in [0.2, 0.25) is 0 Å². The predicted octanol–water partition coefficient (Wildman–Crippen LogP) is 4.95. The fraction of sp³-hybridized carbons (Fsp3) is 0.583. The van der Waals surface area contributed by atoms with Crippen LogP contribution in [0.15, 0.2) is 47.4 Å². The fourth-order valence-electron chi connectivity index (χ4n) is 6.13. The molecule has 1 aliphatic heterocycles. The second-order valence-corrected chi connectivity index (χ2v) is 14.2. The van der Waals surface area contributed by atoms with Crippen LogP contribution in [0.4, 0.5) is 0 Å². The molecule has 0 radical (unpaired) electrons. The van der Waals surface area contributed by atoms with Crippen molar-refractivity contribution in [1.82, 2.24) is 25.4 Å². The Morgan fingerprint density at radius 1 is 1.13 bits per heavy atom. The Bertz CT molecular complexity index is 1380. The van der Waals surface area contributed by atoms with E-state index >= 15 is 0 Å². The van der Waals surface area contributed by atoms with Gasteiger partial charge < -0.3 is 20.6 Å². The third kappa shape index (κ3) is 11.0. The molecule has 1 aromatic heterocycles. The molecule has 0 saturated carbocycles. The van der Waals surface area contributed by atoms with E-state index < -0.39 is 18.1 Å². The van der Waals surface area contributed by atoms with Gasteiger partial charge in [-0.1, -0.05) is 76.9 Å². The van der Waals surface area contributed by atoms with Crippen molar-refractivity contribution in [2.75, 3.05) is 20.6 Å². The second-order valence-electron chi connectivity index (χ2n) is 13.2. The van der Waals surface area contributed by atoms with Gasteiger partial charge in [0.15, 0.2) is 0 Å². The van der Waals surface area contributed by atoms with Crippen LogP contribution in [0.3, 0.4) is 0 Å². The van der Waals surface area contributed by atoms with E-state index in [9.17, 15) is 24.3 Å². The number of nitrogens with one attached hydrogen (secondary N) is 2. The number of carboxylic acids is 1. The van der Waals surface area contributed by atoms with Crippen LogP contribution in [0.5, 0.6) is 0 Å². The van der Waals surface area contributed by atoms with Gasteiger partial charge in [-0.3, -0.25) is 19.3 Å². The van der Waals surface area contributed by atoms with Gasteiger partial charge in [-0.2, -0.15) is 0 Å². The average Bonchev–Trinajstić information content (AvgIpc) is 3.52. The van der Waals surface area contributed by atoms with E-state index in [1.54, 1.807) is 16.4 Å². The molecule has 0 bridgehead atoms. The predicted molar refractivity (Wildman–Crippen MR) is 186 cm³/mol. The fourth-order valence-corrected chi connectivity index (χ4v) is 6.93. The van der Waals surface area contributed by atoms with Gasteiger partial charge in [-0.25, -0.2) is 9.78 Å². The van der Waals surface area contributed by atoms with Crippen LogP contribution >= 0.6 is 11.3 Å². The highest BCUT2D eigenvalue weighted by Crippen LogP contribution is 2.22. The summed E-state index contributed by atoms with van der Waals surface area (Å²) in [7, 11) is 3.79. The number of hydrogen-bond donors (Lipinski definition) is 3. The Labute approximate surface area is 284 Å². The monoisotopic (exact) mass is 667 g/mol. The molecular weight excluding hydrogens is 614 g/mol. The number of thiazole rings is 1. The normalized spacial score (nSPS) is 18.2. The third-order valence-corrected chi connectivity index (χ3v) is 10.2. The second kappa shape index (κ2) is 18.1. The molecule has 1 unspecified atom stereocenters. The maximum absolute atomic E-state index is 13.9. The molecule has 11 heteroatoms. The third-order valence-electron chi connectivity index (χ3n) is 9.31. The van der Waals surface area contributed by atoms with Crippen LogP contribution in [0.25, 0.3) is 0 Å².